The number of aromatic nitrogens is 4. The Morgan fingerprint density at radius 2 is 2.06 bits per heavy atom. The van der Waals surface area contributed by atoms with Gasteiger partial charge in [0, 0.05) is 38.6 Å². The molecule has 3 aromatic heterocycles. The Kier molecular flexibility index (Phi) is 5.68. The highest BCUT2D eigenvalue weighted by atomic mass is 16.3. The van der Waals surface area contributed by atoms with Gasteiger partial charge in [-0.05, 0) is 30.4 Å². The fraction of sp³-hybridized carbons (Fsp3) is 0.409. The van der Waals surface area contributed by atoms with E-state index in [1.165, 1.54) is 15.7 Å². The Bertz CT molecular complexity index is 1230. The number of fused-ring (bicyclic) bond motifs is 1. The van der Waals surface area contributed by atoms with Gasteiger partial charge in [-0.1, -0.05) is 19.9 Å². The molecular weight excluding hydrogens is 412 g/mol. The normalized spacial score (nSPS) is 13.5. The molecule has 10 nitrogen and oxygen atoms in total. The minimum absolute atomic E-state index is 0.0198. The molecule has 2 N–H and O–H groups in total. The third-order valence-electron chi connectivity index (χ3n) is 5.29. The zero-order chi connectivity index (χ0) is 23.0. The van der Waals surface area contributed by atoms with Gasteiger partial charge in [0.05, 0.1) is 6.20 Å². The van der Waals surface area contributed by atoms with Crippen molar-refractivity contribution in [2.24, 2.45) is 5.92 Å². The van der Waals surface area contributed by atoms with Crippen LogP contribution in [-0.4, -0.2) is 54.1 Å². The van der Waals surface area contributed by atoms with Crippen LogP contribution in [0.5, 0.6) is 5.88 Å². The zero-order valence-corrected chi connectivity index (χ0v) is 18.3. The number of pyridine rings is 1. The van der Waals surface area contributed by atoms with Gasteiger partial charge in [0.15, 0.2) is 11.2 Å². The van der Waals surface area contributed by atoms with Crippen LogP contribution in [0.15, 0.2) is 35.5 Å². The minimum atomic E-state index is -0.760. The molecule has 1 aliphatic rings. The summed E-state index contributed by atoms with van der Waals surface area (Å²) in [6.45, 7) is 4.47. The molecular formula is C22H26N6O4. The molecule has 0 aromatic carbocycles. The molecule has 1 fully saturated rings. The summed E-state index contributed by atoms with van der Waals surface area (Å²) in [6, 6.07) is 3.67. The van der Waals surface area contributed by atoms with Crippen LogP contribution in [0.2, 0.25) is 0 Å². The topological polar surface area (TPSA) is 122 Å². The number of nitrogens with zero attached hydrogens (tertiary/aromatic N) is 5. The number of rotatable bonds is 7. The van der Waals surface area contributed by atoms with Crippen molar-refractivity contribution < 1.29 is 14.7 Å². The Morgan fingerprint density at radius 3 is 2.69 bits per heavy atom. The number of hydrogen-bond donors (Lipinski definition) is 2. The first-order chi connectivity index (χ1) is 15.3. The SMILES string of the molecule is CC(C)Cn1c(O)c(C(=O)NC2CC2)c(=O)n2ncc(C(=O)N(C)Cc3cccnc3)c12. The maximum atomic E-state index is 13.2. The van der Waals surface area contributed by atoms with Crippen molar-refractivity contribution in [3.63, 3.8) is 0 Å². The lowest BCUT2D eigenvalue weighted by Gasteiger charge is -2.19. The van der Waals surface area contributed by atoms with Gasteiger partial charge in [-0.2, -0.15) is 9.61 Å². The van der Waals surface area contributed by atoms with E-state index in [0.717, 1.165) is 22.9 Å². The second-order valence-corrected chi connectivity index (χ2v) is 8.57. The molecule has 0 aliphatic heterocycles. The van der Waals surface area contributed by atoms with E-state index in [9.17, 15) is 19.5 Å². The van der Waals surface area contributed by atoms with Crippen LogP contribution in [0.1, 0.15) is 53.0 Å². The first-order valence-electron chi connectivity index (χ1n) is 10.6. The second kappa shape index (κ2) is 8.45. The number of carbonyl (C=O) groups excluding carboxylic acids is 2. The maximum absolute atomic E-state index is 13.2. The summed E-state index contributed by atoms with van der Waals surface area (Å²) in [6.07, 6.45) is 6.32. The fourth-order valence-corrected chi connectivity index (χ4v) is 3.60. The molecule has 0 unspecified atom stereocenters. The number of hydrogen-bond acceptors (Lipinski definition) is 6. The Labute approximate surface area is 184 Å². The average Bonchev–Trinajstić information content (AvgIpc) is 3.45. The summed E-state index contributed by atoms with van der Waals surface area (Å²) < 4.78 is 2.45. The monoisotopic (exact) mass is 438 g/mol. The third kappa shape index (κ3) is 4.08. The van der Waals surface area contributed by atoms with Crippen molar-refractivity contribution in [2.45, 2.75) is 45.8 Å². The van der Waals surface area contributed by atoms with Gasteiger partial charge in [-0.25, -0.2) is 0 Å². The summed E-state index contributed by atoms with van der Waals surface area (Å²) in [7, 11) is 1.64. The number of nitrogens with one attached hydrogen (secondary N) is 1. The zero-order valence-electron chi connectivity index (χ0n) is 18.3. The first-order valence-corrected chi connectivity index (χ1v) is 10.6. The van der Waals surface area contributed by atoms with E-state index in [1.807, 2.05) is 19.9 Å². The lowest BCUT2D eigenvalue weighted by Crippen LogP contribution is -2.35. The molecule has 2 amide bonds. The molecule has 4 rings (SSSR count). The van der Waals surface area contributed by atoms with Crippen molar-refractivity contribution in [3.8, 4) is 5.88 Å². The van der Waals surface area contributed by atoms with Crippen molar-refractivity contribution in [1.29, 1.82) is 0 Å². The minimum Gasteiger partial charge on any atom is -0.494 e. The maximum Gasteiger partial charge on any atom is 0.291 e. The number of carbonyl (C=O) groups is 2. The molecule has 1 aliphatic carbocycles. The molecule has 168 valence electrons. The lowest BCUT2D eigenvalue weighted by molar-refractivity contribution is 0.0786. The summed E-state index contributed by atoms with van der Waals surface area (Å²) in [5.74, 6) is -1.39. The summed E-state index contributed by atoms with van der Waals surface area (Å²) >= 11 is 0. The van der Waals surface area contributed by atoms with Crippen LogP contribution >= 0.6 is 0 Å². The standard InChI is InChI=1S/C22H26N6O4/c1-13(2)11-27-19-16(20(30)26(3)12-14-5-4-8-23-9-14)10-24-28(19)22(32)17(21(27)31)18(29)25-15-6-7-15/h4-5,8-10,13,15,31H,6-7,11-12H2,1-3H3,(H,25,29). The van der Waals surface area contributed by atoms with Gasteiger partial charge in [-0.3, -0.25) is 23.9 Å². The third-order valence-corrected chi connectivity index (χ3v) is 5.29. The molecule has 0 saturated heterocycles. The summed E-state index contributed by atoms with van der Waals surface area (Å²) in [5, 5.41) is 17.8. The molecule has 10 heteroatoms. The van der Waals surface area contributed by atoms with Crippen LogP contribution in [-0.2, 0) is 13.1 Å². The fourth-order valence-electron chi connectivity index (χ4n) is 3.60. The van der Waals surface area contributed by atoms with Crippen molar-refractivity contribution in [3.05, 3.63) is 57.8 Å². The highest BCUT2D eigenvalue weighted by Crippen LogP contribution is 2.24. The highest BCUT2D eigenvalue weighted by molar-refractivity contribution is 6.01. The molecule has 0 atom stereocenters. The van der Waals surface area contributed by atoms with E-state index in [-0.39, 0.29) is 41.2 Å². The second-order valence-electron chi connectivity index (χ2n) is 8.57. The van der Waals surface area contributed by atoms with Crippen LogP contribution in [0, 0.1) is 5.92 Å². The Hall–Kier alpha value is -3.69. The smallest absolute Gasteiger partial charge is 0.291 e. The van der Waals surface area contributed by atoms with Gasteiger partial charge in [0.2, 0.25) is 5.88 Å². The van der Waals surface area contributed by atoms with E-state index in [0.29, 0.717) is 6.54 Å². The van der Waals surface area contributed by atoms with Crippen molar-refractivity contribution in [1.82, 2.24) is 29.4 Å². The molecule has 32 heavy (non-hydrogen) atoms. The molecule has 3 heterocycles. The van der Waals surface area contributed by atoms with Gasteiger partial charge in [0.25, 0.3) is 17.4 Å². The Balaban J connectivity index is 1.80. The predicted octanol–water partition coefficient (Wildman–Crippen LogP) is 1.42. The average molecular weight is 438 g/mol. The van der Waals surface area contributed by atoms with Gasteiger partial charge in [0.1, 0.15) is 5.56 Å². The van der Waals surface area contributed by atoms with Crippen LogP contribution < -0.4 is 10.9 Å². The van der Waals surface area contributed by atoms with Crippen LogP contribution in [0.4, 0.5) is 0 Å². The summed E-state index contributed by atoms with van der Waals surface area (Å²) in [4.78, 5) is 44.5. The van der Waals surface area contributed by atoms with E-state index in [2.05, 4.69) is 15.4 Å². The largest absolute Gasteiger partial charge is 0.494 e. The van der Waals surface area contributed by atoms with Gasteiger partial charge in [-0.15, -0.1) is 0 Å². The number of aromatic hydroxyl groups is 1. The Morgan fingerprint density at radius 1 is 1.31 bits per heavy atom. The summed E-state index contributed by atoms with van der Waals surface area (Å²) in [5.41, 5.74) is 0.0487. The van der Waals surface area contributed by atoms with Crippen molar-refractivity contribution >= 4 is 17.5 Å². The predicted molar refractivity (Wildman–Crippen MR) is 116 cm³/mol. The first kappa shape index (κ1) is 21.5. The molecule has 0 radical (unpaired) electrons. The molecule has 0 spiro atoms. The van der Waals surface area contributed by atoms with Gasteiger partial charge >= 0.3 is 0 Å². The highest BCUT2D eigenvalue weighted by Gasteiger charge is 2.31. The van der Waals surface area contributed by atoms with Gasteiger partial charge < -0.3 is 15.3 Å². The molecule has 0 bridgehead atoms. The molecule has 1 saturated carbocycles. The van der Waals surface area contributed by atoms with E-state index >= 15 is 0 Å². The number of amides is 2. The van der Waals surface area contributed by atoms with E-state index in [1.54, 1.807) is 25.5 Å². The van der Waals surface area contributed by atoms with E-state index < -0.39 is 17.3 Å². The molecule has 3 aromatic rings. The van der Waals surface area contributed by atoms with Crippen molar-refractivity contribution in [2.75, 3.05) is 7.05 Å². The lowest BCUT2D eigenvalue weighted by atomic mass is 10.2. The van der Waals surface area contributed by atoms with Crippen LogP contribution in [0.25, 0.3) is 5.65 Å². The quantitative estimate of drug-likeness (QED) is 0.575. The van der Waals surface area contributed by atoms with E-state index in [4.69, 9.17) is 0 Å². The van der Waals surface area contributed by atoms with Crippen LogP contribution in [0.3, 0.4) is 0 Å².